The molecule has 29 heavy (non-hydrogen) atoms. The predicted molar refractivity (Wildman–Crippen MR) is 110 cm³/mol. The molecule has 2 amide bonds. The van der Waals surface area contributed by atoms with Gasteiger partial charge in [0.2, 0.25) is 5.88 Å². The van der Waals surface area contributed by atoms with Crippen molar-refractivity contribution in [1.82, 2.24) is 9.78 Å². The van der Waals surface area contributed by atoms with Gasteiger partial charge in [-0.3, -0.25) is 0 Å². The Morgan fingerprint density at radius 3 is 2.97 bits per heavy atom. The van der Waals surface area contributed by atoms with Gasteiger partial charge < -0.3 is 10.1 Å². The van der Waals surface area contributed by atoms with Crippen molar-refractivity contribution in [3.05, 3.63) is 34.5 Å². The topological polar surface area (TPSA) is 112 Å². The SMILES string of the molecule is C[C@@H]1Cc2cc3c(c(NC(=O)N=[S@](N)(=O)c4cnn5c4OCC5(C)C)c21)CCC3. The number of nitrogens with zero attached hydrogens (tertiary/aromatic N) is 3. The zero-order valence-corrected chi connectivity index (χ0v) is 17.6. The van der Waals surface area contributed by atoms with Gasteiger partial charge in [0.25, 0.3) is 0 Å². The zero-order chi connectivity index (χ0) is 20.6. The number of amides is 2. The van der Waals surface area contributed by atoms with Crippen LogP contribution >= 0.6 is 0 Å². The van der Waals surface area contributed by atoms with E-state index < -0.39 is 15.9 Å². The van der Waals surface area contributed by atoms with Gasteiger partial charge in [0.15, 0.2) is 9.92 Å². The lowest BCUT2D eigenvalue weighted by Crippen LogP contribution is -2.26. The van der Waals surface area contributed by atoms with Crippen LogP contribution in [0.25, 0.3) is 0 Å². The standard InChI is InChI=1S/C20H25N5O3S/c1-11-7-13-8-12-5-4-6-14(12)17(16(11)13)23-19(26)24-29(21,27)15-9-22-25-18(15)28-10-20(25,2)3/h8-9,11H,4-7,10H2,1-3H3,(H3,21,23,24,26,27)/t11-,29+/m1/s1. The van der Waals surface area contributed by atoms with E-state index in [0.717, 1.165) is 31.4 Å². The molecule has 2 aromatic rings. The number of fused-ring (bicyclic) bond motifs is 3. The van der Waals surface area contributed by atoms with E-state index in [2.05, 4.69) is 27.8 Å². The lowest BCUT2D eigenvalue weighted by Gasteiger charge is -2.31. The fourth-order valence-corrected chi connectivity index (χ4v) is 5.68. The third-order valence-electron chi connectivity index (χ3n) is 6.14. The fourth-order valence-electron chi connectivity index (χ4n) is 4.69. The van der Waals surface area contributed by atoms with Crippen LogP contribution in [-0.2, 0) is 34.7 Å². The van der Waals surface area contributed by atoms with Gasteiger partial charge in [0.1, 0.15) is 11.5 Å². The molecule has 0 saturated heterocycles. The predicted octanol–water partition coefficient (Wildman–Crippen LogP) is 3.09. The highest BCUT2D eigenvalue weighted by Gasteiger charge is 2.37. The van der Waals surface area contributed by atoms with Gasteiger partial charge in [-0.25, -0.2) is 18.8 Å². The van der Waals surface area contributed by atoms with Gasteiger partial charge in [0, 0.05) is 5.69 Å². The molecule has 1 aromatic heterocycles. The largest absolute Gasteiger partial charge is 0.474 e. The van der Waals surface area contributed by atoms with Crippen LogP contribution in [0.2, 0.25) is 0 Å². The third-order valence-corrected chi connectivity index (χ3v) is 7.49. The molecule has 1 aromatic carbocycles. The fraction of sp³-hybridized carbons (Fsp3) is 0.500. The Hall–Kier alpha value is -2.39. The van der Waals surface area contributed by atoms with Crippen LogP contribution in [0.5, 0.6) is 5.88 Å². The van der Waals surface area contributed by atoms with Crippen molar-refractivity contribution in [3.63, 3.8) is 0 Å². The van der Waals surface area contributed by atoms with Crippen LogP contribution in [0.4, 0.5) is 10.5 Å². The second kappa shape index (κ2) is 6.06. The molecular formula is C20H25N5O3S. The molecule has 3 N–H and O–H groups in total. The smallest absolute Gasteiger partial charge is 0.354 e. The summed E-state index contributed by atoms with van der Waals surface area (Å²) in [7, 11) is -3.49. The van der Waals surface area contributed by atoms with Crippen molar-refractivity contribution >= 4 is 21.6 Å². The monoisotopic (exact) mass is 415 g/mol. The lowest BCUT2D eigenvalue weighted by molar-refractivity contribution is 0.259. The molecule has 9 heteroatoms. The van der Waals surface area contributed by atoms with Crippen molar-refractivity contribution in [2.24, 2.45) is 9.50 Å². The maximum Gasteiger partial charge on any atom is 0.354 e. The quantitative estimate of drug-likeness (QED) is 0.785. The van der Waals surface area contributed by atoms with Crippen molar-refractivity contribution in [2.45, 2.75) is 62.8 Å². The Morgan fingerprint density at radius 2 is 2.21 bits per heavy atom. The lowest BCUT2D eigenvalue weighted by atomic mass is 9.75. The normalized spacial score (nSPS) is 22.6. The van der Waals surface area contributed by atoms with E-state index in [9.17, 15) is 9.00 Å². The zero-order valence-electron chi connectivity index (χ0n) is 16.8. The van der Waals surface area contributed by atoms with Gasteiger partial charge in [0.05, 0.1) is 11.7 Å². The Labute approximate surface area is 170 Å². The number of urea groups is 1. The Balaban J connectivity index is 1.49. The number of aryl methyl sites for hydroxylation is 1. The van der Waals surface area contributed by atoms with Crippen molar-refractivity contribution < 1.29 is 13.7 Å². The first kappa shape index (κ1) is 18.6. The number of hydrogen-bond donors (Lipinski definition) is 2. The highest BCUT2D eigenvalue weighted by Crippen LogP contribution is 2.45. The maximum absolute atomic E-state index is 13.1. The first-order valence-electron chi connectivity index (χ1n) is 9.92. The van der Waals surface area contributed by atoms with Gasteiger partial charge >= 0.3 is 6.03 Å². The number of carbonyl (C=O) groups excluding carboxylic acids is 1. The minimum Gasteiger partial charge on any atom is -0.474 e. The van der Waals surface area contributed by atoms with E-state index in [1.807, 2.05) is 13.8 Å². The van der Waals surface area contributed by atoms with E-state index in [1.165, 1.54) is 28.5 Å². The summed E-state index contributed by atoms with van der Waals surface area (Å²) >= 11 is 0. The molecule has 0 saturated carbocycles. The molecule has 8 nitrogen and oxygen atoms in total. The molecule has 0 radical (unpaired) electrons. The summed E-state index contributed by atoms with van der Waals surface area (Å²) in [5.41, 5.74) is 5.41. The average molecular weight is 416 g/mol. The molecule has 2 atom stereocenters. The van der Waals surface area contributed by atoms with Crippen molar-refractivity contribution in [1.29, 1.82) is 0 Å². The summed E-state index contributed by atoms with van der Waals surface area (Å²) in [6.07, 6.45) is 5.44. The number of rotatable bonds is 2. The van der Waals surface area contributed by atoms with E-state index in [4.69, 9.17) is 9.88 Å². The summed E-state index contributed by atoms with van der Waals surface area (Å²) in [5, 5.41) is 13.1. The summed E-state index contributed by atoms with van der Waals surface area (Å²) in [6.45, 7) is 6.46. The molecule has 1 aliphatic heterocycles. The molecule has 0 spiro atoms. The van der Waals surface area contributed by atoms with Gasteiger partial charge in [-0.05, 0) is 67.7 Å². The van der Waals surface area contributed by atoms with Crippen molar-refractivity contribution in [3.8, 4) is 5.88 Å². The first-order chi connectivity index (χ1) is 13.7. The summed E-state index contributed by atoms with van der Waals surface area (Å²) in [5.74, 6) is 0.709. The number of aromatic nitrogens is 2. The molecule has 5 rings (SSSR count). The van der Waals surface area contributed by atoms with Gasteiger partial charge in [-0.15, -0.1) is 4.36 Å². The number of nitrogens with one attached hydrogen (secondary N) is 1. The van der Waals surface area contributed by atoms with Crippen molar-refractivity contribution in [2.75, 3.05) is 11.9 Å². The molecule has 0 fully saturated rings. The number of carbonyl (C=O) groups is 1. The van der Waals surface area contributed by atoms with Crippen LogP contribution in [0.3, 0.4) is 0 Å². The van der Waals surface area contributed by atoms with Crippen LogP contribution in [0.1, 0.15) is 55.4 Å². The number of hydrogen-bond acceptors (Lipinski definition) is 4. The Bertz CT molecular complexity index is 1170. The van der Waals surface area contributed by atoms with E-state index in [0.29, 0.717) is 18.4 Å². The van der Waals surface area contributed by atoms with Crippen LogP contribution in [0, 0.1) is 0 Å². The third kappa shape index (κ3) is 2.78. The first-order valence-corrected chi connectivity index (χ1v) is 11.5. The Morgan fingerprint density at radius 1 is 1.41 bits per heavy atom. The Kier molecular flexibility index (Phi) is 3.89. The number of ether oxygens (including phenoxy) is 1. The van der Waals surface area contributed by atoms with Gasteiger partial charge in [-0.1, -0.05) is 13.0 Å². The van der Waals surface area contributed by atoms with Crippen LogP contribution < -0.4 is 15.2 Å². The summed E-state index contributed by atoms with van der Waals surface area (Å²) in [4.78, 5) is 12.9. The molecule has 2 aliphatic carbocycles. The average Bonchev–Trinajstić information content (AvgIpc) is 3.30. The molecular weight excluding hydrogens is 390 g/mol. The second-order valence-corrected chi connectivity index (χ2v) is 10.6. The number of benzene rings is 1. The number of nitrogens with two attached hydrogens (primary N) is 1. The van der Waals surface area contributed by atoms with E-state index >= 15 is 0 Å². The summed E-state index contributed by atoms with van der Waals surface area (Å²) in [6, 6.07) is 1.57. The van der Waals surface area contributed by atoms with E-state index in [-0.39, 0.29) is 10.4 Å². The highest BCUT2D eigenvalue weighted by atomic mass is 32.2. The molecule has 3 aliphatic rings. The minimum atomic E-state index is -3.49. The molecule has 0 unspecified atom stereocenters. The molecule has 2 heterocycles. The minimum absolute atomic E-state index is 0.151. The van der Waals surface area contributed by atoms with Crippen LogP contribution in [-0.4, -0.2) is 26.6 Å². The summed E-state index contributed by atoms with van der Waals surface area (Å²) < 4.78 is 24.2. The molecule has 154 valence electrons. The van der Waals surface area contributed by atoms with Crippen LogP contribution in [0.15, 0.2) is 21.5 Å². The maximum atomic E-state index is 13.1. The van der Waals surface area contributed by atoms with Gasteiger partial charge in [-0.2, -0.15) is 5.10 Å². The second-order valence-electron chi connectivity index (χ2n) is 8.84. The highest BCUT2D eigenvalue weighted by molar-refractivity contribution is 7.91. The molecule has 0 bridgehead atoms. The van der Waals surface area contributed by atoms with E-state index in [1.54, 1.807) is 4.68 Å². The number of anilines is 1.